The van der Waals surface area contributed by atoms with Crippen molar-refractivity contribution in [1.82, 2.24) is 15.0 Å². The van der Waals surface area contributed by atoms with Crippen LogP contribution in [0.3, 0.4) is 0 Å². The summed E-state index contributed by atoms with van der Waals surface area (Å²) in [7, 11) is 0. The van der Waals surface area contributed by atoms with Crippen LogP contribution in [-0.2, 0) is 11.4 Å². The van der Waals surface area contributed by atoms with E-state index in [1.165, 1.54) is 12.4 Å². The fraction of sp³-hybridized carbons (Fsp3) is 0.0625. The van der Waals surface area contributed by atoms with Gasteiger partial charge in [-0.1, -0.05) is 30.3 Å². The van der Waals surface area contributed by atoms with Gasteiger partial charge in [-0.25, -0.2) is 14.8 Å². The summed E-state index contributed by atoms with van der Waals surface area (Å²) in [6.45, 7) is 0.375. The minimum atomic E-state index is -1.02. The van der Waals surface area contributed by atoms with Gasteiger partial charge in [0.15, 0.2) is 0 Å². The maximum absolute atomic E-state index is 10.7. The first kappa shape index (κ1) is 13.8. The van der Waals surface area contributed by atoms with Crippen molar-refractivity contribution in [2.45, 2.75) is 6.61 Å². The van der Waals surface area contributed by atoms with Crippen LogP contribution in [0.15, 0.2) is 48.9 Å². The number of aromatic amines is 1. The zero-order valence-electron chi connectivity index (χ0n) is 11.6. The molecule has 0 unspecified atom stereocenters. The predicted molar refractivity (Wildman–Crippen MR) is 81.3 cm³/mol. The van der Waals surface area contributed by atoms with Gasteiger partial charge in [0.2, 0.25) is 5.88 Å². The van der Waals surface area contributed by atoms with Crippen LogP contribution < -0.4 is 4.74 Å². The molecular formula is C16H13N3O3. The monoisotopic (exact) mass is 295 g/mol. The van der Waals surface area contributed by atoms with Gasteiger partial charge in [-0.05, 0) is 11.6 Å². The first-order valence-corrected chi connectivity index (χ1v) is 6.64. The lowest BCUT2D eigenvalue weighted by Crippen LogP contribution is -1.98. The van der Waals surface area contributed by atoms with Crippen LogP contribution in [0.5, 0.6) is 5.88 Å². The molecule has 6 nitrogen and oxygen atoms in total. The van der Waals surface area contributed by atoms with E-state index in [-0.39, 0.29) is 0 Å². The molecule has 0 amide bonds. The number of carboxylic acids is 1. The number of ether oxygens (including phenoxy) is 1. The van der Waals surface area contributed by atoms with Crippen molar-refractivity contribution in [3.8, 4) is 5.88 Å². The smallest absolute Gasteiger partial charge is 0.328 e. The SMILES string of the molecule is O=C(O)/C=C/c1c[nH]c2ncnc(OCc3ccccc3)c12. The Morgan fingerprint density at radius 1 is 1.27 bits per heavy atom. The molecular weight excluding hydrogens is 282 g/mol. The highest BCUT2D eigenvalue weighted by Gasteiger charge is 2.11. The summed E-state index contributed by atoms with van der Waals surface area (Å²) in [6, 6.07) is 9.73. The molecule has 2 aromatic heterocycles. The third-order valence-electron chi connectivity index (χ3n) is 3.09. The molecule has 6 heteroatoms. The maximum atomic E-state index is 10.7. The van der Waals surface area contributed by atoms with Gasteiger partial charge in [0.05, 0.1) is 5.39 Å². The van der Waals surface area contributed by atoms with E-state index in [0.717, 1.165) is 11.6 Å². The summed E-state index contributed by atoms with van der Waals surface area (Å²) in [5.41, 5.74) is 2.29. The average molecular weight is 295 g/mol. The van der Waals surface area contributed by atoms with Gasteiger partial charge < -0.3 is 14.8 Å². The normalized spacial score (nSPS) is 11.1. The molecule has 0 saturated carbocycles. The van der Waals surface area contributed by atoms with Gasteiger partial charge >= 0.3 is 5.97 Å². The molecule has 0 aliphatic heterocycles. The number of hydrogen-bond donors (Lipinski definition) is 2. The molecule has 0 aliphatic rings. The molecule has 0 atom stereocenters. The van der Waals surface area contributed by atoms with E-state index >= 15 is 0 Å². The first-order chi connectivity index (χ1) is 10.7. The van der Waals surface area contributed by atoms with Crippen LogP contribution in [0.25, 0.3) is 17.1 Å². The van der Waals surface area contributed by atoms with E-state index < -0.39 is 5.97 Å². The van der Waals surface area contributed by atoms with E-state index in [4.69, 9.17) is 9.84 Å². The van der Waals surface area contributed by atoms with Crippen LogP contribution >= 0.6 is 0 Å². The number of nitrogens with zero attached hydrogens (tertiary/aromatic N) is 2. The molecule has 0 spiro atoms. The number of carboxylic acid groups (broad SMARTS) is 1. The Morgan fingerprint density at radius 3 is 2.86 bits per heavy atom. The molecule has 110 valence electrons. The molecule has 0 saturated heterocycles. The zero-order valence-corrected chi connectivity index (χ0v) is 11.6. The van der Waals surface area contributed by atoms with Crippen molar-refractivity contribution in [3.05, 3.63) is 60.1 Å². The Balaban J connectivity index is 1.91. The van der Waals surface area contributed by atoms with Crippen molar-refractivity contribution >= 4 is 23.1 Å². The number of benzene rings is 1. The highest BCUT2D eigenvalue weighted by atomic mass is 16.5. The fourth-order valence-electron chi connectivity index (χ4n) is 2.09. The summed E-state index contributed by atoms with van der Waals surface area (Å²) in [5, 5.41) is 9.41. The lowest BCUT2D eigenvalue weighted by Gasteiger charge is -2.06. The van der Waals surface area contributed by atoms with Gasteiger partial charge in [0.1, 0.15) is 18.6 Å². The van der Waals surface area contributed by atoms with Crippen LogP contribution in [0.2, 0.25) is 0 Å². The number of carbonyl (C=O) groups is 1. The third kappa shape index (κ3) is 2.95. The Hall–Kier alpha value is -3.15. The number of fused-ring (bicyclic) bond motifs is 1. The number of aliphatic carboxylic acids is 1. The summed E-state index contributed by atoms with van der Waals surface area (Å²) >= 11 is 0. The first-order valence-electron chi connectivity index (χ1n) is 6.64. The molecule has 2 heterocycles. The largest absolute Gasteiger partial charge is 0.478 e. The van der Waals surface area contributed by atoms with Gasteiger partial charge in [0, 0.05) is 17.8 Å². The Morgan fingerprint density at radius 2 is 2.09 bits per heavy atom. The van der Waals surface area contributed by atoms with Crippen LogP contribution in [0.1, 0.15) is 11.1 Å². The van der Waals surface area contributed by atoms with E-state index in [2.05, 4.69) is 15.0 Å². The molecule has 3 rings (SSSR count). The Labute approximate surface area is 126 Å². The quantitative estimate of drug-likeness (QED) is 0.706. The van der Waals surface area contributed by atoms with Crippen molar-refractivity contribution < 1.29 is 14.6 Å². The predicted octanol–water partition coefficient (Wildman–Crippen LogP) is 2.63. The van der Waals surface area contributed by atoms with Crippen LogP contribution in [0, 0.1) is 0 Å². The Kier molecular flexibility index (Phi) is 3.82. The minimum Gasteiger partial charge on any atom is -0.478 e. The molecule has 1 aromatic carbocycles. The van der Waals surface area contributed by atoms with E-state index in [0.29, 0.717) is 29.1 Å². The summed E-state index contributed by atoms with van der Waals surface area (Å²) in [6.07, 6.45) is 5.63. The number of H-pyrrole nitrogens is 1. The van der Waals surface area contributed by atoms with Gasteiger partial charge in [0.25, 0.3) is 0 Å². The van der Waals surface area contributed by atoms with Crippen molar-refractivity contribution in [2.24, 2.45) is 0 Å². The molecule has 3 aromatic rings. The Bertz CT molecular complexity index is 825. The molecule has 22 heavy (non-hydrogen) atoms. The standard InChI is InChI=1S/C16H13N3O3/c20-13(21)7-6-12-8-17-15-14(12)16(19-10-18-15)22-9-11-4-2-1-3-5-11/h1-8,10H,9H2,(H,20,21)(H,17,18,19)/b7-6+. The molecule has 0 fully saturated rings. The summed E-state index contributed by atoms with van der Waals surface area (Å²) < 4.78 is 5.76. The van der Waals surface area contributed by atoms with E-state index in [1.54, 1.807) is 6.20 Å². The lowest BCUT2D eigenvalue weighted by atomic mass is 10.2. The number of hydrogen-bond acceptors (Lipinski definition) is 4. The second-order valence-corrected chi connectivity index (χ2v) is 4.59. The number of nitrogens with one attached hydrogen (secondary N) is 1. The van der Waals surface area contributed by atoms with E-state index in [9.17, 15) is 4.79 Å². The topological polar surface area (TPSA) is 88.1 Å². The highest BCUT2D eigenvalue weighted by molar-refractivity contribution is 5.94. The van der Waals surface area contributed by atoms with Crippen LogP contribution in [0.4, 0.5) is 0 Å². The third-order valence-corrected chi connectivity index (χ3v) is 3.09. The van der Waals surface area contributed by atoms with Crippen molar-refractivity contribution in [3.63, 3.8) is 0 Å². The number of rotatable bonds is 5. The summed E-state index contributed by atoms with van der Waals surface area (Å²) in [4.78, 5) is 21.9. The van der Waals surface area contributed by atoms with Crippen LogP contribution in [-0.4, -0.2) is 26.0 Å². The van der Waals surface area contributed by atoms with Gasteiger partial charge in [-0.15, -0.1) is 0 Å². The zero-order chi connectivity index (χ0) is 15.4. The summed E-state index contributed by atoms with van der Waals surface area (Å²) in [5.74, 6) is -0.599. The van der Waals surface area contributed by atoms with Crippen molar-refractivity contribution in [2.75, 3.05) is 0 Å². The molecule has 0 radical (unpaired) electrons. The molecule has 0 bridgehead atoms. The maximum Gasteiger partial charge on any atom is 0.328 e. The number of aromatic nitrogens is 3. The van der Waals surface area contributed by atoms with E-state index in [1.807, 2.05) is 30.3 Å². The van der Waals surface area contributed by atoms with Gasteiger partial charge in [-0.3, -0.25) is 0 Å². The second kappa shape index (κ2) is 6.09. The van der Waals surface area contributed by atoms with Crippen molar-refractivity contribution in [1.29, 1.82) is 0 Å². The molecule has 0 aliphatic carbocycles. The minimum absolute atomic E-state index is 0.375. The van der Waals surface area contributed by atoms with Gasteiger partial charge in [-0.2, -0.15) is 0 Å². The fourth-order valence-corrected chi connectivity index (χ4v) is 2.09. The highest BCUT2D eigenvalue weighted by Crippen LogP contribution is 2.26. The second-order valence-electron chi connectivity index (χ2n) is 4.59. The lowest BCUT2D eigenvalue weighted by molar-refractivity contribution is -0.131. The average Bonchev–Trinajstić information content (AvgIpc) is 2.96. The molecule has 2 N–H and O–H groups in total.